The number of nitrogens with zero attached hydrogens (tertiary/aromatic N) is 5. The molecule has 1 saturated heterocycles. The summed E-state index contributed by atoms with van der Waals surface area (Å²) >= 11 is 0. The zero-order valence-electron chi connectivity index (χ0n) is 16.6. The zero-order valence-corrected chi connectivity index (χ0v) is 16.6. The van der Waals surface area contributed by atoms with Crippen molar-refractivity contribution in [3.8, 4) is 11.4 Å². The van der Waals surface area contributed by atoms with E-state index in [0.717, 1.165) is 38.3 Å². The van der Waals surface area contributed by atoms with Gasteiger partial charge in [-0.2, -0.15) is 4.98 Å². The third-order valence-corrected chi connectivity index (χ3v) is 5.17. The Morgan fingerprint density at radius 2 is 1.90 bits per heavy atom. The van der Waals surface area contributed by atoms with Crippen LogP contribution in [0.15, 0.2) is 53.3 Å². The summed E-state index contributed by atoms with van der Waals surface area (Å²) in [6.45, 7) is 6.36. The molecule has 0 saturated carbocycles. The average Bonchev–Trinajstić information content (AvgIpc) is 3.22. The van der Waals surface area contributed by atoms with Gasteiger partial charge in [0, 0.05) is 63.5 Å². The molecule has 1 aromatic carbocycles. The molecule has 0 radical (unpaired) electrons. The summed E-state index contributed by atoms with van der Waals surface area (Å²) < 4.78 is 5.29. The standard InChI is InChI=1S/C22H25N5O2/c1-17-3-2-4-18(15-17)16-26-11-13-27(14-12-26)21(28)6-5-20-24-22(25-29-20)19-7-9-23-10-8-19/h2-4,7-10,15H,5-6,11-14,16H2,1H3. The van der Waals surface area contributed by atoms with Crippen LogP contribution in [0.4, 0.5) is 0 Å². The predicted octanol–water partition coefficient (Wildman–Crippen LogP) is 2.72. The molecule has 2 aromatic heterocycles. The van der Waals surface area contributed by atoms with Gasteiger partial charge in [-0.05, 0) is 24.6 Å². The molecule has 3 heterocycles. The summed E-state index contributed by atoms with van der Waals surface area (Å²) in [5, 5.41) is 3.99. The molecule has 1 fully saturated rings. The number of carbonyl (C=O) groups is 1. The summed E-state index contributed by atoms with van der Waals surface area (Å²) in [6, 6.07) is 12.3. The van der Waals surface area contributed by atoms with E-state index < -0.39 is 0 Å². The molecule has 1 aliphatic rings. The number of hydrogen-bond donors (Lipinski definition) is 0. The van der Waals surface area contributed by atoms with Crippen LogP contribution < -0.4 is 0 Å². The van der Waals surface area contributed by atoms with Gasteiger partial charge in [0.1, 0.15) is 0 Å². The van der Waals surface area contributed by atoms with E-state index in [1.807, 2.05) is 17.0 Å². The van der Waals surface area contributed by atoms with E-state index in [1.54, 1.807) is 12.4 Å². The van der Waals surface area contributed by atoms with Crippen LogP contribution in [0.3, 0.4) is 0 Å². The Kier molecular flexibility index (Phi) is 5.95. The summed E-state index contributed by atoms with van der Waals surface area (Å²) in [7, 11) is 0. The average molecular weight is 391 g/mol. The summed E-state index contributed by atoms with van der Waals surface area (Å²) in [5.74, 6) is 1.16. The highest BCUT2D eigenvalue weighted by Gasteiger charge is 2.21. The molecule has 0 spiro atoms. The Labute approximate surface area is 170 Å². The number of rotatable bonds is 6. The topological polar surface area (TPSA) is 75.4 Å². The summed E-state index contributed by atoms with van der Waals surface area (Å²) in [5.41, 5.74) is 3.46. The highest BCUT2D eigenvalue weighted by Crippen LogP contribution is 2.15. The second-order valence-corrected chi connectivity index (χ2v) is 7.39. The van der Waals surface area contributed by atoms with Crippen LogP contribution in [-0.4, -0.2) is 57.0 Å². The molecule has 29 heavy (non-hydrogen) atoms. The SMILES string of the molecule is Cc1cccc(CN2CCN(C(=O)CCc3nc(-c4ccncc4)no3)CC2)c1. The fourth-order valence-electron chi connectivity index (χ4n) is 3.57. The van der Waals surface area contributed by atoms with Gasteiger partial charge in [-0.25, -0.2) is 0 Å². The highest BCUT2D eigenvalue weighted by atomic mass is 16.5. The van der Waals surface area contributed by atoms with Gasteiger partial charge in [-0.15, -0.1) is 0 Å². The molecule has 3 aromatic rings. The van der Waals surface area contributed by atoms with Crippen LogP contribution in [0.5, 0.6) is 0 Å². The number of benzene rings is 1. The maximum atomic E-state index is 12.6. The molecule has 0 aliphatic carbocycles. The molecule has 7 heteroatoms. The van der Waals surface area contributed by atoms with Crippen molar-refractivity contribution in [1.29, 1.82) is 0 Å². The van der Waals surface area contributed by atoms with Gasteiger partial charge < -0.3 is 9.42 Å². The van der Waals surface area contributed by atoms with Crippen molar-refractivity contribution >= 4 is 5.91 Å². The van der Waals surface area contributed by atoms with Gasteiger partial charge in [0.15, 0.2) is 0 Å². The van der Waals surface area contributed by atoms with Crippen LogP contribution in [0.1, 0.15) is 23.4 Å². The Bertz CT molecular complexity index is 949. The maximum Gasteiger partial charge on any atom is 0.227 e. The van der Waals surface area contributed by atoms with E-state index in [0.29, 0.717) is 24.6 Å². The fraction of sp³-hybridized carbons (Fsp3) is 0.364. The van der Waals surface area contributed by atoms with Gasteiger partial charge in [-0.1, -0.05) is 35.0 Å². The minimum atomic E-state index is 0.142. The first-order valence-corrected chi connectivity index (χ1v) is 9.96. The first-order valence-electron chi connectivity index (χ1n) is 9.96. The third-order valence-electron chi connectivity index (χ3n) is 5.17. The van der Waals surface area contributed by atoms with Crippen molar-refractivity contribution in [2.75, 3.05) is 26.2 Å². The number of hydrogen-bond acceptors (Lipinski definition) is 6. The minimum absolute atomic E-state index is 0.142. The number of amides is 1. The quantitative estimate of drug-likeness (QED) is 0.643. The van der Waals surface area contributed by atoms with E-state index in [2.05, 4.69) is 51.2 Å². The highest BCUT2D eigenvalue weighted by molar-refractivity contribution is 5.76. The molecule has 0 bridgehead atoms. The smallest absolute Gasteiger partial charge is 0.227 e. The second-order valence-electron chi connectivity index (χ2n) is 7.39. The van der Waals surface area contributed by atoms with Gasteiger partial charge in [0.25, 0.3) is 0 Å². The third kappa shape index (κ3) is 5.06. The lowest BCUT2D eigenvalue weighted by Gasteiger charge is -2.34. The monoisotopic (exact) mass is 391 g/mol. The Hall–Kier alpha value is -3.06. The van der Waals surface area contributed by atoms with Crippen molar-refractivity contribution in [2.24, 2.45) is 0 Å². The molecule has 4 rings (SSSR count). The molecule has 7 nitrogen and oxygen atoms in total. The molecular weight excluding hydrogens is 366 g/mol. The van der Waals surface area contributed by atoms with Crippen LogP contribution in [0, 0.1) is 6.92 Å². The van der Waals surface area contributed by atoms with Crippen LogP contribution in [0.2, 0.25) is 0 Å². The van der Waals surface area contributed by atoms with Gasteiger partial charge in [0.2, 0.25) is 17.6 Å². The molecule has 0 N–H and O–H groups in total. The van der Waals surface area contributed by atoms with Crippen molar-refractivity contribution in [2.45, 2.75) is 26.3 Å². The van der Waals surface area contributed by atoms with Crippen molar-refractivity contribution in [3.05, 3.63) is 65.8 Å². The van der Waals surface area contributed by atoms with Crippen LogP contribution in [-0.2, 0) is 17.8 Å². The Morgan fingerprint density at radius 3 is 2.66 bits per heavy atom. The number of aryl methyl sites for hydroxylation is 2. The lowest BCUT2D eigenvalue weighted by molar-refractivity contribution is -0.133. The maximum absolute atomic E-state index is 12.6. The summed E-state index contributed by atoms with van der Waals surface area (Å²) in [6.07, 6.45) is 4.22. The predicted molar refractivity (Wildman–Crippen MR) is 109 cm³/mol. The zero-order chi connectivity index (χ0) is 20.1. The number of pyridine rings is 1. The first kappa shape index (κ1) is 19.3. The molecule has 1 amide bonds. The lowest BCUT2D eigenvalue weighted by Crippen LogP contribution is -2.48. The van der Waals surface area contributed by atoms with Crippen molar-refractivity contribution in [1.82, 2.24) is 24.9 Å². The first-order chi connectivity index (χ1) is 14.2. The second kappa shape index (κ2) is 8.96. The molecule has 150 valence electrons. The van der Waals surface area contributed by atoms with Crippen LogP contribution >= 0.6 is 0 Å². The largest absolute Gasteiger partial charge is 0.340 e. The molecular formula is C22H25N5O2. The number of piperazine rings is 1. The van der Waals surface area contributed by atoms with Gasteiger partial charge in [0.05, 0.1) is 0 Å². The van der Waals surface area contributed by atoms with E-state index >= 15 is 0 Å². The van der Waals surface area contributed by atoms with Gasteiger partial charge >= 0.3 is 0 Å². The normalized spacial score (nSPS) is 14.9. The van der Waals surface area contributed by atoms with Crippen molar-refractivity contribution < 1.29 is 9.32 Å². The minimum Gasteiger partial charge on any atom is -0.340 e. The molecule has 0 unspecified atom stereocenters. The number of aromatic nitrogens is 3. The Balaban J connectivity index is 1.24. The van der Waals surface area contributed by atoms with E-state index in [4.69, 9.17) is 4.52 Å². The van der Waals surface area contributed by atoms with E-state index in [1.165, 1.54) is 11.1 Å². The van der Waals surface area contributed by atoms with E-state index in [9.17, 15) is 4.79 Å². The fourth-order valence-corrected chi connectivity index (χ4v) is 3.57. The molecule has 0 atom stereocenters. The Morgan fingerprint density at radius 1 is 1.10 bits per heavy atom. The van der Waals surface area contributed by atoms with Crippen molar-refractivity contribution in [3.63, 3.8) is 0 Å². The van der Waals surface area contributed by atoms with E-state index in [-0.39, 0.29) is 5.91 Å². The van der Waals surface area contributed by atoms with Gasteiger partial charge in [-0.3, -0.25) is 14.7 Å². The lowest BCUT2D eigenvalue weighted by atomic mass is 10.1. The summed E-state index contributed by atoms with van der Waals surface area (Å²) in [4.78, 5) is 25.3. The van der Waals surface area contributed by atoms with Crippen LogP contribution in [0.25, 0.3) is 11.4 Å². The number of carbonyl (C=O) groups excluding carboxylic acids is 1. The molecule has 1 aliphatic heterocycles.